The van der Waals surface area contributed by atoms with Crippen molar-refractivity contribution in [2.45, 2.75) is 31.2 Å². The van der Waals surface area contributed by atoms with Crippen LogP contribution in [0.4, 0.5) is 26.3 Å². The van der Waals surface area contributed by atoms with E-state index in [0.29, 0.717) is 17.5 Å². The zero-order valence-electron chi connectivity index (χ0n) is 9.91. The van der Waals surface area contributed by atoms with Crippen LogP contribution < -0.4 is 0 Å². The summed E-state index contributed by atoms with van der Waals surface area (Å²) in [7, 11) is 0. The van der Waals surface area contributed by atoms with Gasteiger partial charge < -0.3 is 0 Å². The Labute approximate surface area is 109 Å². The number of fused-ring (bicyclic) bond motifs is 2. The number of hydrogen-bond donors (Lipinski definition) is 0. The summed E-state index contributed by atoms with van der Waals surface area (Å²) in [5.41, 5.74) is 0. The van der Waals surface area contributed by atoms with Gasteiger partial charge in [0.1, 0.15) is 0 Å². The maximum absolute atomic E-state index is 12.8. The lowest BCUT2D eigenvalue weighted by atomic mass is 10.0. The number of nitrogens with zero attached hydrogens (tertiary/aromatic N) is 3. The summed E-state index contributed by atoms with van der Waals surface area (Å²) in [5, 5.41) is 3.08. The number of alkyl halides is 6. The van der Waals surface area contributed by atoms with E-state index in [1.165, 1.54) is 0 Å². The van der Waals surface area contributed by atoms with Crippen LogP contribution >= 0.6 is 0 Å². The highest BCUT2D eigenvalue weighted by Crippen LogP contribution is 2.47. The third kappa shape index (κ3) is 2.08. The standard InChI is InChI=1S/C11H9F6N3/c12-10(13,14)8-18-9(11(15,16)17)20(19-8)7-4-5-1-2-6(7)3-5/h1-2,5-7H,3-4H2/t5-,6+,7+/m1/s1. The van der Waals surface area contributed by atoms with Crippen LogP contribution in [0.1, 0.15) is 30.5 Å². The van der Waals surface area contributed by atoms with Gasteiger partial charge in [0.2, 0.25) is 5.82 Å². The van der Waals surface area contributed by atoms with Crippen LogP contribution in [0.2, 0.25) is 0 Å². The van der Waals surface area contributed by atoms with Crippen molar-refractivity contribution in [1.29, 1.82) is 0 Å². The van der Waals surface area contributed by atoms with Crippen LogP contribution in [0.3, 0.4) is 0 Å². The van der Waals surface area contributed by atoms with Gasteiger partial charge in [-0.05, 0) is 24.7 Å². The van der Waals surface area contributed by atoms with Gasteiger partial charge in [-0.2, -0.15) is 31.3 Å². The number of halogens is 6. The molecule has 1 aromatic rings. The zero-order valence-corrected chi connectivity index (χ0v) is 9.91. The molecule has 1 fully saturated rings. The SMILES string of the molecule is FC(F)(F)c1nc(C(F)(F)F)n([C@H]2C[C@@H]3C=C[C@H]2C3)n1. The van der Waals surface area contributed by atoms with Gasteiger partial charge in [-0.15, -0.1) is 5.10 Å². The van der Waals surface area contributed by atoms with Gasteiger partial charge in [0, 0.05) is 0 Å². The second kappa shape index (κ2) is 3.98. The smallest absolute Gasteiger partial charge is 0.238 e. The Kier molecular flexibility index (Phi) is 2.68. The Bertz CT molecular complexity index is 555. The highest BCUT2D eigenvalue weighted by atomic mass is 19.4. The Morgan fingerprint density at radius 1 is 1.00 bits per heavy atom. The van der Waals surface area contributed by atoms with Crippen LogP contribution in [0.5, 0.6) is 0 Å². The molecule has 3 rings (SSSR count). The predicted molar refractivity (Wildman–Crippen MR) is 54.4 cm³/mol. The van der Waals surface area contributed by atoms with Crippen molar-refractivity contribution in [3.05, 3.63) is 23.8 Å². The number of allylic oxidation sites excluding steroid dienone is 2. The molecule has 1 saturated carbocycles. The predicted octanol–water partition coefficient (Wildman–Crippen LogP) is 3.45. The van der Waals surface area contributed by atoms with Crippen molar-refractivity contribution in [1.82, 2.24) is 14.8 Å². The van der Waals surface area contributed by atoms with E-state index in [2.05, 4.69) is 10.1 Å². The summed E-state index contributed by atoms with van der Waals surface area (Å²) in [4.78, 5) is 2.66. The molecule has 1 heterocycles. The molecule has 0 N–H and O–H groups in total. The Morgan fingerprint density at radius 3 is 2.15 bits per heavy atom. The molecule has 0 saturated heterocycles. The lowest BCUT2D eigenvalue weighted by molar-refractivity contribution is -0.151. The van der Waals surface area contributed by atoms with Gasteiger partial charge in [0.25, 0.3) is 5.82 Å². The average molecular weight is 297 g/mol. The van der Waals surface area contributed by atoms with Gasteiger partial charge in [0.05, 0.1) is 6.04 Å². The monoisotopic (exact) mass is 297 g/mol. The topological polar surface area (TPSA) is 30.7 Å². The first-order chi connectivity index (χ1) is 9.16. The Balaban J connectivity index is 2.05. The van der Waals surface area contributed by atoms with E-state index in [1.807, 2.05) is 6.08 Å². The molecule has 0 aromatic carbocycles. The fourth-order valence-corrected chi connectivity index (χ4v) is 2.90. The first-order valence-corrected chi connectivity index (χ1v) is 5.95. The number of rotatable bonds is 1. The van der Waals surface area contributed by atoms with Gasteiger partial charge in [-0.3, -0.25) is 0 Å². The molecule has 9 heteroatoms. The fourth-order valence-electron chi connectivity index (χ4n) is 2.90. The Morgan fingerprint density at radius 2 is 1.70 bits per heavy atom. The molecule has 1 aromatic heterocycles. The lowest BCUT2D eigenvalue weighted by Gasteiger charge is -2.20. The molecular weight excluding hydrogens is 288 g/mol. The molecule has 0 radical (unpaired) electrons. The van der Waals surface area contributed by atoms with Crippen LogP contribution in [-0.4, -0.2) is 14.8 Å². The van der Waals surface area contributed by atoms with E-state index in [0.717, 1.165) is 0 Å². The molecule has 0 amide bonds. The van der Waals surface area contributed by atoms with Crippen molar-refractivity contribution < 1.29 is 26.3 Å². The van der Waals surface area contributed by atoms with Crippen molar-refractivity contribution in [2.24, 2.45) is 11.8 Å². The van der Waals surface area contributed by atoms with Crippen LogP contribution in [-0.2, 0) is 12.4 Å². The summed E-state index contributed by atoms with van der Waals surface area (Å²) in [5.74, 6) is -3.40. The first-order valence-electron chi connectivity index (χ1n) is 5.95. The van der Waals surface area contributed by atoms with Gasteiger partial charge in [-0.1, -0.05) is 12.2 Å². The van der Waals surface area contributed by atoms with Crippen molar-refractivity contribution in [3.8, 4) is 0 Å². The summed E-state index contributed by atoms with van der Waals surface area (Å²) in [6, 6.07) is -0.703. The normalized spacial score (nSPS) is 29.4. The second-order valence-corrected chi connectivity index (χ2v) is 5.05. The van der Waals surface area contributed by atoms with Gasteiger partial charge in [0.15, 0.2) is 0 Å². The third-order valence-electron chi connectivity index (χ3n) is 3.70. The molecule has 2 aliphatic carbocycles. The van der Waals surface area contributed by atoms with Crippen molar-refractivity contribution >= 4 is 0 Å². The molecule has 3 atom stereocenters. The molecule has 0 aliphatic heterocycles. The molecule has 0 spiro atoms. The molecule has 110 valence electrons. The zero-order chi connectivity index (χ0) is 14.7. The molecule has 20 heavy (non-hydrogen) atoms. The third-order valence-corrected chi connectivity index (χ3v) is 3.70. The number of aromatic nitrogens is 3. The molecule has 3 nitrogen and oxygen atoms in total. The maximum Gasteiger partial charge on any atom is 0.453 e. The van der Waals surface area contributed by atoms with Crippen LogP contribution in [0, 0.1) is 11.8 Å². The summed E-state index contributed by atoms with van der Waals surface area (Å²) < 4.78 is 76.5. The van der Waals surface area contributed by atoms with Crippen molar-refractivity contribution in [2.75, 3.05) is 0 Å². The maximum atomic E-state index is 12.8. The highest BCUT2D eigenvalue weighted by molar-refractivity contribution is 5.14. The average Bonchev–Trinajstić information content (AvgIpc) is 3.00. The highest BCUT2D eigenvalue weighted by Gasteiger charge is 2.48. The molecule has 2 aliphatic rings. The molecular formula is C11H9F6N3. The minimum Gasteiger partial charge on any atom is -0.238 e. The van der Waals surface area contributed by atoms with Crippen molar-refractivity contribution in [3.63, 3.8) is 0 Å². The van der Waals surface area contributed by atoms with Gasteiger partial charge in [-0.25, -0.2) is 4.68 Å². The quantitative estimate of drug-likeness (QED) is 0.587. The summed E-state index contributed by atoms with van der Waals surface area (Å²) in [6.45, 7) is 0. The van der Waals surface area contributed by atoms with E-state index in [-0.39, 0.29) is 11.8 Å². The van der Waals surface area contributed by atoms with Crippen LogP contribution in [0.15, 0.2) is 12.2 Å². The fraction of sp³-hybridized carbons (Fsp3) is 0.636. The van der Waals surface area contributed by atoms with E-state index >= 15 is 0 Å². The van der Waals surface area contributed by atoms with E-state index in [9.17, 15) is 26.3 Å². The molecule has 0 unspecified atom stereocenters. The summed E-state index contributed by atoms with van der Waals surface area (Å²) in [6.07, 6.45) is -5.29. The van der Waals surface area contributed by atoms with E-state index in [1.54, 1.807) is 6.08 Å². The van der Waals surface area contributed by atoms with E-state index < -0.39 is 30.0 Å². The largest absolute Gasteiger partial charge is 0.453 e. The minimum atomic E-state index is -4.99. The minimum absolute atomic E-state index is 0.115. The van der Waals surface area contributed by atoms with E-state index in [4.69, 9.17) is 0 Å². The Hall–Kier alpha value is -1.54. The van der Waals surface area contributed by atoms with Crippen LogP contribution in [0.25, 0.3) is 0 Å². The lowest BCUT2D eigenvalue weighted by Crippen LogP contribution is -2.23. The molecule has 2 bridgehead atoms. The van der Waals surface area contributed by atoms with Gasteiger partial charge >= 0.3 is 12.4 Å². The second-order valence-electron chi connectivity index (χ2n) is 5.05. The first kappa shape index (κ1) is 13.4. The number of hydrogen-bond acceptors (Lipinski definition) is 2. The summed E-state index contributed by atoms with van der Waals surface area (Å²) >= 11 is 0.